The summed E-state index contributed by atoms with van der Waals surface area (Å²) in [7, 11) is 1.93. The van der Waals surface area contributed by atoms with Crippen molar-refractivity contribution in [1.82, 2.24) is 4.90 Å². The normalized spacial score (nSPS) is 23.3. The van der Waals surface area contributed by atoms with Gasteiger partial charge >= 0.3 is 0 Å². The Kier molecular flexibility index (Phi) is 4.57. The van der Waals surface area contributed by atoms with E-state index in [0.29, 0.717) is 9.95 Å². The van der Waals surface area contributed by atoms with Crippen LogP contribution in [0, 0.1) is 0 Å². The van der Waals surface area contributed by atoms with Gasteiger partial charge in [0, 0.05) is 24.1 Å². The highest BCUT2D eigenvalue weighted by molar-refractivity contribution is 9.10. The van der Waals surface area contributed by atoms with E-state index in [1.54, 1.807) is 6.92 Å². The monoisotopic (exact) mass is 425 g/mol. The SMILES string of the molecule is CC(=O)C1=NN(c2ccc(Br)cc2)[C@@]2(S1)SC(C(C)=O)=C(C)N2C. The Morgan fingerprint density at radius 2 is 1.75 bits per heavy atom. The van der Waals surface area contributed by atoms with Crippen LogP contribution in [-0.4, -0.2) is 32.9 Å². The zero-order valence-corrected chi connectivity index (χ0v) is 16.9. The molecule has 1 atom stereocenters. The summed E-state index contributed by atoms with van der Waals surface area (Å²) < 4.78 is 0.272. The minimum Gasteiger partial charge on any atom is -0.335 e. The molecule has 0 saturated heterocycles. The number of hydrazone groups is 1. The molecule has 126 valence electrons. The van der Waals surface area contributed by atoms with Gasteiger partial charge in [-0.25, -0.2) is 5.01 Å². The van der Waals surface area contributed by atoms with Crippen LogP contribution < -0.4 is 5.01 Å². The molecule has 0 bridgehead atoms. The summed E-state index contributed by atoms with van der Waals surface area (Å²) in [5.74, 6) is -0.0595. The maximum Gasteiger partial charge on any atom is 0.241 e. The molecule has 5 nitrogen and oxygen atoms in total. The molecule has 2 aliphatic rings. The first-order valence-electron chi connectivity index (χ1n) is 7.25. The highest BCUT2D eigenvalue weighted by Crippen LogP contribution is 2.58. The summed E-state index contributed by atoms with van der Waals surface area (Å²) in [6, 6.07) is 7.74. The molecule has 2 aliphatic heterocycles. The van der Waals surface area contributed by atoms with Crippen molar-refractivity contribution in [3.63, 3.8) is 0 Å². The predicted octanol–water partition coefficient (Wildman–Crippen LogP) is 4.02. The lowest BCUT2D eigenvalue weighted by atomic mass is 10.3. The lowest BCUT2D eigenvalue weighted by molar-refractivity contribution is -0.113. The molecule has 24 heavy (non-hydrogen) atoms. The van der Waals surface area contributed by atoms with Crippen molar-refractivity contribution in [3.05, 3.63) is 39.3 Å². The molecular formula is C16H16BrN3O2S2. The second-order valence-electron chi connectivity index (χ2n) is 5.53. The van der Waals surface area contributed by atoms with E-state index in [4.69, 9.17) is 0 Å². The number of benzene rings is 1. The van der Waals surface area contributed by atoms with Gasteiger partial charge in [-0.15, -0.1) is 0 Å². The summed E-state index contributed by atoms with van der Waals surface area (Å²) in [6.45, 7) is 5.00. The topological polar surface area (TPSA) is 53.0 Å². The Hall–Kier alpha value is -1.25. The number of allylic oxidation sites excluding steroid dienone is 2. The molecule has 8 heteroatoms. The molecule has 1 aromatic carbocycles. The first-order chi connectivity index (χ1) is 11.3. The van der Waals surface area contributed by atoms with Crippen LogP contribution in [0.15, 0.2) is 44.4 Å². The summed E-state index contributed by atoms with van der Waals surface area (Å²) in [6.07, 6.45) is 0. The molecule has 0 fully saturated rings. The zero-order valence-electron chi connectivity index (χ0n) is 13.7. The van der Waals surface area contributed by atoms with Crippen molar-refractivity contribution in [3.8, 4) is 0 Å². The average Bonchev–Trinajstić information content (AvgIpc) is 3.03. The maximum atomic E-state index is 12.0. The second kappa shape index (κ2) is 6.24. The smallest absolute Gasteiger partial charge is 0.241 e. The van der Waals surface area contributed by atoms with E-state index in [1.165, 1.54) is 30.4 Å². The van der Waals surface area contributed by atoms with Gasteiger partial charge < -0.3 is 4.90 Å². The fourth-order valence-corrected chi connectivity index (χ4v) is 5.67. The number of rotatable bonds is 3. The van der Waals surface area contributed by atoms with Gasteiger partial charge in [-0.1, -0.05) is 27.7 Å². The third-order valence-electron chi connectivity index (χ3n) is 3.87. The molecule has 0 aliphatic carbocycles. The number of thioether (sulfide) groups is 2. The minimum atomic E-state index is -0.695. The summed E-state index contributed by atoms with van der Waals surface area (Å²) in [4.78, 5) is 26.6. The minimum absolute atomic E-state index is 0.0221. The van der Waals surface area contributed by atoms with E-state index in [9.17, 15) is 9.59 Å². The Morgan fingerprint density at radius 1 is 1.12 bits per heavy atom. The third-order valence-corrected chi connectivity index (χ3v) is 7.67. The molecule has 0 amide bonds. The highest BCUT2D eigenvalue weighted by Gasteiger charge is 2.55. The van der Waals surface area contributed by atoms with E-state index in [0.717, 1.165) is 15.9 Å². The van der Waals surface area contributed by atoms with Crippen molar-refractivity contribution in [2.75, 3.05) is 12.1 Å². The second-order valence-corrected chi connectivity index (χ2v) is 9.05. The molecule has 1 aromatic rings. The molecule has 2 heterocycles. The van der Waals surface area contributed by atoms with Gasteiger partial charge in [-0.2, -0.15) is 5.10 Å². The number of nitrogens with zero attached hydrogens (tertiary/aromatic N) is 3. The van der Waals surface area contributed by atoms with Crippen LogP contribution in [0.3, 0.4) is 0 Å². The van der Waals surface area contributed by atoms with E-state index in [1.807, 2.05) is 48.1 Å². The van der Waals surface area contributed by atoms with Gasteiger partial charge in [0.05, 0.1) is 10.6 Å². The van der Waals surface area contributed by atoms with Gasteiger partial charge in [0.1, 0.15) is 0 Å². The van der Waals surface area contributed by atoms with Gasteiger partial charge in [0.2, 0.25) is 4.33 Å². The first-order valence-corrected chi connectivity index (χ1v) is 9.68. The third kappa shape index (κ3) is 2.70. The molecule has 0 saturated carbocycles. The number of carbonyl (C=O) groups is 2. The van der Waals surface area contributed by atoms with Crippen molar-refractivity contribution in [1.29, 1.82) is 0 Å². The van der Waals surface area contributed by atoms with Crippen LogP contribution in [0.25, 0.3) is 0 Å². The standard InChI is InChI=1S/C16H16BrN3O2S2/c1-9-14(10(2)21)23-16(19(9)4)20(18-15(24-16)11(3)22)13-7-5-12(17)6-8-13/h5-8H,1-4H3/t16-/m1/s1. The van der Waals surface area contributed by atoms with E-state index >= 15 is 0 Å². The van der Waals surface area contributed by atoms with E-state index in [-0.39, 0.29) is 11.6 Å². The number of halogens is 1. The summed E-state index contributed by atoms with van der Waals surface area (Å²) >= 11 is 6.25. The molecule has 1 spiro atoms. The highest BCUT2D eigenvalue weighted by atomic mass is 79.9. The molecule has 0 unspecified atom stereocenters. The number of carbonyl (C=O) groups excluding carboxylic acids is 2. The number of hydrogen-bond donors (Lipinski definition) is 0. The van der Waals surface area contributed by atoms with Crippen LogP contribution in [0.4, 0.5) is 5.69 Å². The maximum absolute atomic E-state index is 12.0. The average molecular weight is 426 g/mol. The molecule has 0 aromatic heterocycles. The largest absolute Gasteiger partial charge is 0.335 e. The lowest BCUT2D eigenvalue weighted by Crippen LogP contribution is -2.47. The number of hydrogen-bond acceptors (Lipinski definition) is 7. The molecule has 0 radical (unpaired) electrons. The van der Waals surface area contributed by atoms with Crippen LogP contribution in [0.2, 0.25) is 0 Å². The van der Waals surface area contributed by atoms with Crippen LogP contribution >= 0.6 is 39.5 Å². The Labute approximate surface area is 157 Å². The zero-order chi connectivity index (χ0) is 17.6. The molecule has 3 rings (SSSR count). The van der Waals surface area contributed by atoms with Gasteiger partial charge in [0.25, 0.3) is 0 Å². The fraction of sp³-hybridized carbons (Fsp3) is 0.312. The number of ketones is 2. The Morgan fingerprint density at radius 3 is 2.25 bits per heavy atom. The van der Waals surface area contributed by atoms with Crippen molar-refractivity contribution < 1.29 is 9.59 Å². The van der Waals surface area contributed by atoms with E-state index < -0.39 is 4.33 Å². The number of Topliss-reactive ketones (excluding diaryl/α,β-unsaturated/α-hetero) is 2. The van der Waals surface area contributed by atoms with Crippen molar-refractivity contribution >= 4 is 61.8 Å². The van der Waals surface area contributed by atoms with Gasteiger partial charge in [0.15, 0.2) is 16.6 Å². The van der Waals surface area contributed by atoms with Crippen LogP contribution in [0.1, 0.15) is 20.8 Å². The lowest BCUT2D eigenvalue weighted by Gasteiger charge is -2.39. The van der Waals surface area contributed by atoms with Crippen molar-refractivity contribution in [2.24, 2.45) is 5.10 Å². The quantitative estimate of drug-likeness (QED) is 0.728. The summed E-state index contributed by atoms with van der Waals surface area (Å²) in [5, 5.41) is 6.81. The van der Waals surface area contributed by atoms with Gasteiger partial charge in [-0.3, -0.25) is 9.59 Å². The molecule has 0 N–H and O–H groups in total. The van der Waals surface area contributed by atoms with Crippen molar-refractivity contribution in [2.45, 2.75) is 25.1 Å². The van der Waals surface area contributed by atoms with Gasteiger partial charge in [-0.05, 0) is 49.9 Å². The molecular weight excluding hydrogens is 410 g/mol. The van der Waals surface area contributed by atoms with E-state index in [2.05, 4.69) is 21.0 Å². The fourth-order valence-electron chi connectivity index (χ4n) is 2.53. The Bertz CT molecular complexity index is 791. The van der Waals surface area contributed by atoms with Crippen LogP contribution in [0.5, 0.6) is 0 Å². The predicted molar refractivity (Wildman–Crippen MR) is 104 cm³/mol. The first kappa shape index (κ1) is 17.6. The number of anilines is 1. The summed E-state index contributed by atoms with van der Waals surface area (Å²) in [5.41, 5.74) is 1.75. The Balaban J connectivity index is 2.08. The van der Waals surface area contributed by atoms with Crippen LogP contribution in [-0.2, 0) is 9.59 Å².